The number of aryl methyl sites for hydroxylation is 2. The summed E-state index contributed by atoms with van der Waals surface area (Å²) in [4.78, 5) is 0. The minimum Gasteiger partial charge on any atom is -0.489 e. The predicted molar refractivity (Wildman–Crippen MR) is 123 cm³/mol. The van der Waals surface area contributed by atoms with Crippen molar-refractivity contribution in [3.8, 4) is 22.6 Å². The highest BCUT2D eigenvalue weighted by Gasteiger charge is 2.03. The number of hydrogen-bond acceptors (Lipinski definition) is 2. The zero-order chi connectivity index (χ0) is 20.8. The van der Waals surface area contributed by atoms with Gasteiger partial charge in [0.05, 0.1) is 0 Å². The quantitative estimate of drug-likeness (QED) is 0.332. The van der Waals surface area contributed by atoms with Gasteiger partial charge in [-0.3, -0.25) is 0 Å². The van der Waals surface area contributed by atoms with Crippen LogP contribution in [0, 0.1) is 13.8 Å². The Labute approximate surface area is 178 Å². The molecule has 0 bridgehead atoms. The second kappa shape index (κ2) is 9.32. The summed E-state index contributed by atoms with van der Waals surface area (Å²) in [6.07, 6.45) is 0. The van der Waals surface area contributed by atoms with Crippen LogP contribution in [-0.2, 0) is 13.2 Å². The van der Waals surface area contributed by atoms with Gasteiger partial charge in [-0.15, -0.1) is 0 Å². The van der Waals surface area contributed by atoms with Crippen LogP contribution >= 0.6 is 0 Å². The van der Waals surface area contributed by atoms with E-state index in [1.165, 1.54) is 11.1 Å². The average Bonchev–Trinajstić information content (AvgIpc) is 2.79. The lowest BCUT2D eigenvalue weighted by Crippen LogP contribution is -1.97. The van der Waals surface area contributed by atoms with Crippen LogP contribution in [0.3, 0.4) is 0 Å². The van der Waals surface area contributed by atoms with E-state index >= 15 is 0 Å². The average molecular weight is 395 g/mol. The number of benzene rings is 4. The summed E-state index contributed by atoms with van der Waals surface area (Å²) in [5, 5.41) is 0. The van der Waals surface area contributed by atoms with Gasteiger partial charge in [0.25, 0.3) is 0 Å². The molecule has 0 aliphatic heterocycles. The molecular weight excluding hydrogens is 368 g/mol. The molecule has 0 unspecified atom stereocenters. The van der Waals surface area contributed by atoms with Crippen LogP contribution in [0.2, 0.25) is 0 Å². The molecule has 4 aromatic rings. The van der Waals surface area contributed by atoms with Crippen molar-refractivity contribution in [2.75, 3.05) is 0 Å². The van der Waals surface area contributed by atoms with Crippen molar-refractivity contribution in [2.45, 2.75) is 27.1 Å². The molecule has 2 nitrogen and oxygen atoms in total. The van der Waals surface area contributed by atoms with E-state index in [0.717, 1.165) is 33.8 Å². The minimum absolute atomic E-state index is 0.570. The maximum absolute atomic E-state index is 5.94. The highest BCUT2D eigenvalue weighted by atomic mass is 16.5. The zero-order valence-corrected chi connectivity index (χ0v) is 17.5. The summed E-state index contributed by atoms with van der Waals surface area (Å²) in [5.41, 5.74) is 7.01. The van der Waals surface area contributed by atoms with Gasteiger partial charge in [-0.1, -0.05) is 84.9 Å². The van der Waals surface area contributed by atoms with Crippen molar-refractivity contribution in [3.05, 3.63) is 119 Å². The van der Waals surface area contributed by atoms with Gasteiger partial charge < -0.3 is 9.47 Å². The molecule has 0 aliphatic rings. The number of hydrogen-bond donors (Lipinski definition) is 0. The van der Waals surface area contributed by atoms with E-state index in [2.05, 4.69) is 74.5 Å². The SMILES string of the molecule is Cc1ccccc1OCc1ccc(-c2ccc(COc3ccccc3C)cc2)cc1. The normalized spacial score (nSPS) is 10.6. The van der Waals surface area contributed by atoms with Crippen LogP contribution in [0.25, 0.3) is 11.1 Å². The van der Waals surface area contributed by atoms with E-state index < -0.39 is 0 Å². The van der Waals surface area contributed by atoms with Crippen molar-refractivity contribution in [1.29, 1.82) is 0 Å². The van der Waals surface area contributed by atoms with Crippen molar-refractivity contribution < 1.29 is 9.47 Å². The standard InChI is InChI=1S/C28H26O2/c1-21-7-3-5-9-27(21)29-19-23-11-15-25(16-12-23)26-17-13-24(14-18-26)20-30-28-10-6-4-8-22(28)2/h3-18H,19-20H2,1-2H3. The summed E-state index contributed by atoms with van der Waals surface area (Å²) in [7, 11) is 0. The fourth-order valence-electron chi connectivity index (χ4n) is 3.35. The fraction of sp³-hybridized carbons (Fsp3) is 0.143. The lowest BCUT2D eigenvalue weighted by Gasteiger charge is -2.10. The highest BCUT2D eigenvalue weighted by molar-refractivity contribution is 5.64. The highest BCUT2D eigenvalue weighted by Crippen LogP contribution is 2.23. The third kappa shape index (κ3) is 4.90. The van der Waals surface area contributed by atoms with Crippen molar-refractivity contribution in [1.82, 2.24) is 0 Å². The Bertz CT molecular complexity index is 1010. The van der Waals surface area contributed by atoms with Gasteiger partial charge in [0.15, 0.2) is 0 Å². The van der Waals surface area contributed by atoms with Gasteiger partial charge >= 0.3 is 0 Å². The largest absolute Gasteiger partial charge is 0.489 e. The predicted octanol–water partition coefficient (Wildman–Crippen LogP) is 7.13. The van der Waals surface area contributed by atoms with Gasteiger partial charge in [0.2, 0.25) is 0 Å². The molecule has 0 amide bonds. The molecule has 0 radical (unpaired) electrons. The van der Waals surface area contributed by atoms with Crippen LogP contribution in [-0.4, -0.2) is 0 Å². The summed E-state index contributed by atoms with van der Waals surface area (Å²) in [6, 6.07) is 33.3. The zero-order valence-electron chi connectivity index (χ0n) is 17.5. The van der Waals surface area contributed by atoms with Crippen molar-refractivity contribution in [3.63, 3.8) is 0 Å². The Morgan fingerprint density at radius 2 is 0.833 bits per heavy atom. The molecule has 0 aliphatic carbocycles. The maximum Gasteiger partial charge on any atom is 0.122 e. The van der Waals surface area contributed by atoms with Crippen LogP contribution < -0.4 is 9.47 Å². The van der Waals surface area contributed by atoms with E-state index in [4.69, 9.17) is 9.47 Å². The maximum atomic E-state index is 5.94. The molecule has 4 rings (SSSR count). The van der Waals surface area contributed by atoms with Crippen molar-refractivity contribution in [2.24, 2.45) is 0 Å². The van der Waals surface area contributed by atoms with Gasteiger partial charge in [-0.25, -0.2) is 0 Å². The minimum atomic E-state index is 0.570. The lowest BCUT2D eigenvalue weighted by atomic mass is 10.0. The molecule has 2 heteroatoms. The van der Waals surface area contributed by atoms with Gasteiger partial charge in [-0.05, 0) is 59.4 Å². The van der Waals surface area contributed by atoms with E-state index in [-0.39, 0.29) is 0 Å². The Balaban J connectivity index is 1.36. The molecule has 0 aromatic heterocycles. The third-order valence-corrected chi connectivity index (χ3v) is 5.22. The van der Waals surface area contributed by atoms with E-state index in [9.17, 15) is 0 Å². The molecule has 0 spiro atoms. The van der Waals surface area contributed by atoms with E-state index in [1.54, 1.807) is 0 Å². The second-order valence-electron chi connectivity index (χ2n) is 7.50. The molecule has 4 aromatic carbocycles. The summed E-state index contributed by atoms with van der Waals surface area (Å²) < 4.78 is 11.9. The molecule has 0 saturated carbocycles. The summed E-state index contributed by atoms with van der Waals surface area (Å²) in [6.45, 7) is 5.27. The summed E-state index contributed by atoms with van der Waals surface area (Å²) >= 11 is 0. The molecule has 30 heavy (non-hydrogen) atoms. The molecule has 0 fully saturated rings. The van der Waals surface area contributed by atoms with Crippen LogP contribution in [0.5, 0.6) is 11.5 Å². The number of ether oxygens (including phenoxy) is 2. The summed E-state index contributed by atoms with van der Waals surface area (Å²) in [5.74, 6) is 1.87. The molecule has 0 heterocycles. The first-order chi connectivity index (χ1) is 14.7. The number of rotatable bonds is 7. The Kier molecular flexibility index (Phi) is 6.14. The van der Waals surface area contributed by atoms with Crippen LogP contribution in [0.15, 0.2) is 97.1 Å². The molecule has 0 atom stereocenters. The lowest BCUT2D eigenvalue weighted by molar-refractivity contribution is 0.304. The van der Waals surface area contributed by atoms with Gasteiger partial charge in [0.1, 0.15) is 24.7 Å². The molecule has 150 valence electrons. The molecular formula is C28H26O2. The first-order valence-corrected chi connectivity index (χ1v) is 10.2. The van der Waals surface area contributed by atoms with Crippen LogP contribution in [0.1, 0.15) is 22.3 Å². The van der Waals surface area contributed by atoms with Gasteiger partial charge in [0, 0.05) is 0 Å². The topological polar surface area (TPSA) is 18.5 Å². The first-order valence-electron chi connectivity index (χ1n) is 10.2. The van der Waals surface area contributed by atoms with E-state index in [1.807, 2.05) is 36.4 Å². The van der Waals surface area contributed by atoms with E-state index in [0.29, 0.717) is 13.2 Å². The second-order valence-corrected chi connectivity index (χ2v) is 7.50. The molecule has 0 saturated heterocycles. The van der Waals surface area contributed by atoms with Crippen LogP contribution in [0.4, 0.5) is 0 Å². The fourth-order valence-corrected chi connectivity index (χ4v) is 3.35. The van der Waals surface area contributed by atoms with Gasteiger partial charge in [-0.2, -0.15) is 0 Å². The Hall–Kier alpha value is -3.52. The Morgan fingerprint density at radius 3 is 1.20 bits per heavy atom. The molecule has 0 N–H and O–H groups in total. The number of para-hydroxylation sites is 2. The first kappa shape index (κ1) is 19.8. The monoisotopic (exact) mass is 394 g/mol. The Morgan fingerprint density at radius 1 is 0.467 bits per heavy atom. The third-order valence-electron chi connectivity index (χ3n) is 5.22. The smallest absolute Gasteiger partial charge is 0.122 e. The van der Waals surface area contributed by atoms with Crippen molar-refractivity contribution >= 4 is 0 Å².